The number of amides is 1. The minimum atomic E-state index is -0.157. The van der Waals surface area contributed by atoms with Gasteiger partial charge in [0.05, 0.1) is 32.9 Å². The Morgan fingerprint density at radius 1 is 0.968 bits per heavy atom. The number of carbonyl (C=O) groups is 1. The topological polar surface area (TPSA) is 79.2 Å². The fourth-order valence-electron chi connectivity index (χ4n) is 3.37. The van der Waals surface area contributed by atoms with E-state index >= 15 is 0 Å². The van der Waals surface area contributed by atoms with Crippen LogP contribution in [-0.4, -0.2) is 54.4 Å². The van der Waals surface area contributed by atoms with Crippen molar-refractivity contribution in [2.45, 2.75) is 33.8 Å². The van der Waals surface area contributed by atoms with E-state index in [9.17, 15) is 9.59 Å². The van der Waals surface area contributed by atoms with Crippen LogP contribution in [0.25, 0.3) is 0 Å². The van der Waals surface area contributed by atoms with Gasteiger partial charge in [-0.1, -0.05) is 0 Å². The Morgan fingerprint density at radius 2 is 1.55 bits per heavy atom. The number of hydrogen-bond donors (Lipinski definition) is 0. The molecule has 168 valence electrons. The molecule has 1 fully saturated rings. The average Bonchev–Trinajstić information content (AvgIpc) is 2.70. The first-order valence-corrected chi connectivity index (χ1v) is 10.6. The van der Waals surface area contributed by atoms with Gasteiger partial charge in [-0.15, -0.1) is 0 Å². The second-order valence-corrected chi connectivity index (χ2v) is 7.28. The van der Waals surface area contributed by atoms with Crippen LogP contribution < -0.4 is 24.5 Å². The third kappa shape index (κ3) is 4.95. The first-order chi connectivity index (χ1) is 14.9. The Bertz CT molecular complexity index is 967. The van der Waals surface area contributed by atoms with E-state index in [0.717, 1.165) is 5.69 Å². The summed E-state index contributed by atoms with van der Waals surface area (Å²) in [5, 5.41) is 0. The molecule has 1 aliphatic rings. The van der Waals surface area contributed by atoms with E-state index in [2.05, 4.69) is 0 Å². The lowest BCUT2D eigenvalue weighted by Crippen LogP contribution is -2.56. The molecule has 1 amide bonds. The highest BCUT2D eigenvalue weighted by molar-refractivity contribution is 5.96. The van der Waals surface area contributed by atoms with E-state index in [-0.39, 0.29) is 17.6 Å². The third-order valence-electron chi connectivity index (χ3n) is 5.07. The maximum absolute atomic E-state index is 13.0. The zero-order valence-electron chi connectivity index (χ0n) is 18.8. The molecule has 0 radical (unpaired) electrons. The Hall–Kier alpha value is -3.16. The van der Waals surface area contributed by atoms with Crippen LogP contribution in [0.4, 0.5) is 0 Å². The standard InChI is InChI=1S/C23H30N2O6/c1-6-28-19-10-16(11-20(29-7-2)22(19)30-8-3)23(27)25-13-18(14-25)31-17-9-15(4)24(5)21(26)12-17/h9-12,18H,6-8,13-14H2,1-5H3. The zero-order valence-corrected chi connectivity index (χ0v) is 18.8. The largest absolute Gasteiger partial charge is 0.490 e. The van der Waals surface area contributed by atoms with Crippen molar-refractivity contribution >= 4 is 5.91 Å². The quantitative estimate of drug-likeness (QED) is 0.609. The van der Waals surface area contributed by atoms with Gasteiger partial charge in [-0.05, 0) is 45.9 Å². The van der Waals surface area contributed by atoms with Gasteiger partial charge in [-0.25, -0.2) is 0 Å². The molecule has 1 saturated heterocycles. The first-order valence-electron chi connectivity index (χ1n) is 10.6. The lowest BCUT2D eigenvalue weighted by Gasteiger charge is -2.39. The summed E-state index contributed by atoms with van der Waals surface area (Å²) in [6.45, 7) is 9.71. The van der Waals surface area contributed by atoms with E-state index in [0.29, 0.717) is 61.5 Å². The highest BCUT2D eigenvalue weighted by atomic mass is 16.5. The van der Waals surface area contributed by atoms with Crippen molar-refractivity contribution in [2.75, 3.05) is 32.9 Å². The van der Waals surface area contributed by atoms with Crippen LogP contribution in [0.5, 0.6) is 23.0 Å². The van der Waals surface area contributed by atoms with Gasteiger partial charge >= 0.3 is 0 Å². The van der Waals surface area contributed by atoms with E-state index in [4.69, 9.17) is 18.9 Å². The summed E-state index contributed by atoms with van der Waals surface area (Å²) in [5.41, 5.74) is 1.16. The molecule has 0 atom stereocenters. The summed E-state index contributed by atoms with van der Waals surface area (Å²) in [6.07, 6.45) is -0.157. The zero-order chi connectivity index (χ0) is 22.5. The smallest absolute Gasteiger partial charge is 0.254 e. The fraction of sp³-hybridized carbons (Fsp3) is 0.478. The van der Waals surface area contributed by atoms with Crippen LogP contribution in [0.15, 0.2) is 29.1 Å². The van der Waals surface area contributed by atoms with E-state index < -0.39 is 0 Å². The van der Waals surface area contributed by atoms with E-state index in [1.54, 1.807) is 28.6 Å². The normalized spacial score (nSPS) is 13.5. The van der Waals surface area contributed by atoms with Gasteiger partial charge in [0.15, 0.2) is 11.5 Å². The molecule has 0 aliphatic carbocycles. The van der Waals surface area contributed by atoms with Crippen LogP contribution in [-0.2, 0) is 7.05 Å². The van der Waals surface area contributed by atoms with Crippen molar-refractivity contribution in [2.24, 2.45) is 7.05 Å². The number of pyridine rings is 1. The fourth-order valence-corrected chi connectivity index (χ4v) is 3.37. The third-order valence-corrected chi connectivity index (χ3v) is 5.07. The molecule has 0 unspecified atom stereocenters. The first kappa shape index (κ1) is 22.5. The molecule has 0 spiro atoms. The summed E-state index contributed by atoms with van der Waals surface area (Å²) in [4.78, 5) is 26.7. The Labute approximate surface area is 182 Å². The van der Waals surface area contributed by atoms with Crippen molar-refractivity contribution < 1.29 is 23.7 Å². The highest BCUT2D eigenvalue weighted by Gasteiger charge is 2.34. The van der Waals surface area contributed by atoms with Crippen molar-refractivity contribution in [1.82, 2.24) is 9.47 Å². The molecule has 0 saturated carbocycles. The summed E-state index contributed by atoms with van der Waals surface area (Å²) in [6, 6.07) is 6.67. The van der Waals surface area contributed by atoms with Gasteiger partial charge in [-0.3, -0.25) is 9.59 Å². The molecular formula is C23H30N2O6. The summed E-state index contributed by atoms with van der Waals surface area (Å²) in [7, 11) is 1.72. The van der Waals surface area contributed by atoms with Gasteiger partial charge in [0, 0.05) is 24.4 Å². The number of carbonyl (C=O) groups excluding carboxylic acids is 1. The number of benzene rings is 1. The summed E-state index contributed by atoms with van der Waals surface area (Å²) < 4.78 is 24.5. The molecule has 2 heterocycles. The number of rotatable bonds is 9. The maximum Gasteiger partial charge on any atom is 0.254 e. The molecular weight excluding hydrogens is 400 g/mol. The lowest BCUT2D eigenvalue weighted by atomic mass is 10.1. The SMILES string of the molecule is CCOc1cc(C(=O)N2CC(Oc3cc(C)n(C)c(=O)c3)C2)cc(OCC)c1OCC. The lowest BCUT2D eigenvalue weighted by molar-refractivity contribution is 0.0176. The predicted molar refractivity (Wildman–Crippen MR) is 117 cm³/mol. The van der Waals surface area contributed by atoms with Gasteiger partial charge in [0.2, 0.25) is 5.75 Å². The van der Waals surface area contributed by atoms with Crippen LogP contribution in [0.3, 0.4) is 0 Å². The minimum absolute atomic E-state index is 0.122. The molecule has 1 aliphatic heterocycles. The molecule has 3 rings (SSSR count). The number of ether oxygens (including phenoxy) is 4. The van der Waals surface area contributed by atoms with Crippen molar-refractivity contribution in [3.8, 4) is 23.0 Å². The van der Waals surface area contributed by atoms with Gasteiger partial charge in [-0.2, -0.15) is 0 Å². The van der Waals surface area contributed by atoms with E-state index in [1.807, 2.05) is 33.8 Å². The molecule has 31 heavy (non-hydrogen) atoms. The molecule has 2 aromatic rings. The number of likely N-dealkylation sites (tertiary alicyclic amines) is 1. The molecule has 8 nitrogen and oxygen atoms in total. The Morgan fingerprint density at radius 3 is 2.06 bits per heavy atom. The molecule has 0 bridgehead atoms. The number of nitrogens with zero attached hydrogens (tertiary/aromatic N) is 2. The molecule has 1 aromatic carbocycles. The van der Waals surface area contributed by atoms with Crippen LogP contribution >= 0.6 is 0 Å². The monoisotopic (exact) mass is 430 g/mol. The number of aromatic nitrogens is 1. The Balaban J connectivity index is 1.73. The van der Waals surface area contributed by atoms with Gasteiger partial charge < -0.3 is 28.4 Å². The highest BCUT2D eigenvalue weighted by Crippen LogP contribution is 2.39. The van der Waals surface area contributed by atoms with Crippen LogP contribution in [0.2, 0.25) is 0 Å². The molecule has 8 heteroatoms. The Kier molecular flexibility index (Phi) is 7.09. The van der Waals surface area contributed by atoms with E-state index in [1.165, 1.54) is 6.07 Å². The second-order valence-electron chi connectivity index (χ2n) is 7.28. The number of aryl methyl sites for hydroxylation is 1. The minimum Gasteiger partial charge on any atom is -0.490 e. The van der Waals surface area contributed by atoms with Crippen molar-refractivity contribution in [3.63, 3.8) is 0 Å². The van der Waals surface area contributed by atoms with Gasteiger partial charge in [0.1, 0.15) is 11.9 Å². The van der Waals surface area contributed by atoms with Crippen molar-refractivity contribution in [1.29, 1.82) is 0 Å². The summed E-state index contributed by atoms with van der Waals surface area (Å²) in [5.74, 6) is 1.87. The molecule has 0 N–H and O–H groups in total. The maximum atomic E-state index is 13.0. The number of hydrogen-bond acceptors (Lipinski definition) is 6. The molecule has 1 aromatic heterocycles. The van der Waals surface area contributed by atoms with Crippen LogP contribution in [0.1, 0.15) is 36.8 Å². The average molecular weight is 431 g/mol. The summed E-state index contributed by atoms with van der Waals surface area (Å²) >= 11 is 0. The predicted octanol–water partition coefficient (Wildman–Crippen LogP) is 2.79. The van der Waals surface area contributed by atoms with Gasteiger partial charge in [0.25, 0.3) is 11.5 Å². The van der Waals surface area contributed by atoms with Crippen molar-refractivity contribution in [3.05, 3.63) is 45.9 Å². The van der Waals surface area contributed by atoms with Crippen LogP contribution in [0, 0.1) is 6.92 Å². The second kappa shape index (κ2) is 9.76.